The van der Waals surface area contributed by atoms with Gasteiger partial charge in [0.15, 0.2) is 0 Å². The van der Waals surface area contributed by atoms with E-state index in [1.54, 1.807) is 0 Å². The van der Waals surface area contributed by atoms with E-state index in [4.69, 9.17) is 4.99 Å². The minimum absolute atomic E-state index is 0.670. The Balaban J connectivity index is 2.12. The van der Waals surface area contributed by atoms with Gasteiger partial charge in [-0.1, -0.05) is 27.2 Å². The van der Waals surface area contributed by atoms with Crippen molar-refractivity contribution in [1.29, 1.82) is 0 Å². The molecule has 1 fully saturated rings. The summed E-state index contributed by atoms with van der Waals surface area (Å²) >= 11 is 0. The normalized spacial score (nSPS) is 41.3. The fourth-order valence-electron chi connectivity index (χ4n) is 3.46. The van der Waals surface area contributed by atoms with Gasteiger partial charge in [-0.3, -0.25) is 4.99 Å². The lowest BCUT2D eigenvalue weighted by Gasteiger charge is -2.40. The fourth-order valence-corrected chi connectivity index (χ4v) is 3.46. The van der Waals surface area contributed by atoms with Crippen LogP contribution in [0.25, 0.3) is 0 Å². The minimum Gasteiger partial charge on any atom is -0.291 e. The monoisotopic (exact) mass is 207 g/mol. The molecule has 15 heavy (non-hydrogen) atoms. The molecule has 0 N–H and O–H groups in total. The van der Waals surface area contributed by atoms with Gasteiger partial charge < -0.3 is 0 Å². The first-order valence-electron chi connectivity index (χ1n) is 6.62. The molecular weight excluding hydrogens is 182 g/mol. The summed E-state index contributed by atoms with van der Waals surface area (Å²) in [6, 6.07) is 0.670. The van der Waals surface area contributed by atoms with E-state index in [1.807, 2.05) is 0 Å². The molecule has 1 aliphatic carbocycles. The van der Waals surface area contributed by atoms with Crippen molar-refractivity contribution in [3.8, 4) is 0 Å². The summed E-state index contributed by atoms with van der Waals surface area (Å²) in [7, 11) is 0. The SMILES string of the molecule is CC1=NC2CC(C)CCC2C[C@@H]1C(C)C. The Kier molecular flexibility index (Phi) is 3.18. The number of nitrogens with zero attached hydrogens (tertiary/aromatic N) is 1. The average Bonchev–Trinajstić information content (AvgIpc) is 2.15. The van der Waals surface area contributed by atoms with Gasteiger partial charge >= 0.3 is 0 Å². The van der Waals surface area contributed by atoms with Crippen LogP contribution in [0.3, 0.4) is 0 Å². The van der Waals surface area contributed by atoms with E-state index in [-0.39, 0.29) is 0 Å². The molecule has 1 heteroatoms. The lowest BCUT2D eigenvalue weighted by atomic mass is 9.70. The van der Waals surface area contributed by atoms with Crippen molar-refractivity contribution in [1.82, 2.24) is 0 Å². The zero-order valence-electron chi connectivity index (χ0n) is 10.7. The molecule has 0 radical (unpaired) electrons. The molecule has 4 atom stereocenters. The molecule has 1 aliphatic heterocycles. The molecule has 2 aliphatic rings. The van der Waals surface area contributed by atoms with Crippen LogP contribution in [0.2, 0.25) is 0 Å². The molecule has 0 aromatic carbocycles. The Morgan fingerprint density at radius 3 is 2.60 bits per heavy atom. The van der Waals surface area contributed by atoms with E-state index in [2.05, 4.69) is 27.7 Å². The van der Waals surface area contributed by atoms with Gasteiger partial charge in [0, 0.05) is 5.71 Å². The molecule has 0 bridgehead atoms. The predicted molar refractivity (Wildman–Crippen MR) is 66.3 cm³/mol. The summed E-state index contributed by atoms with van der Waals surface area (Å²) < 4.78 is 0. The maximum Gasteiger partial charge on any atom is 0.0529 e. The van der Waals surface area contributed by atoms with Gasteiger partial charge in [0.1, 0.15) is 0 Å². The number of aliphatic imine (C=N–C) groups is 1. The van der Waals surface area contributed by atoms with E-state index in [1.165, 1.54) is 31.4 Å². The van der Waals surface area contributed by atoms with Gasteiger partial charge in [0.2, 0.25) is 0 Å². The van der Waals surface area contributed by atoms with E-state index in [0.29, 0.717) is 6.04 Å². The summed E-state index contributed by atoms with van der Waals surface area (Å²) in [5, 5.41) is 0. The molecule has 86 valence electrons. The second-order valence-electron chi connectivity index (χ2n) is 6.10. The van der Waals surface area contributed by atoms with E-state index >= 15 is 0 Å². The second-order valence-corrected chi connectivity index (χ2v) is 6.10. The number of hydrogen-bond acceptors (Lipinski definition) is 1. The quantitative estimate of drug-likeness (QED) is 0.618. The van der Waals surface area contributed by atoms with Gasteiger partial charge in [0.25, 0.3) is 0 Å². The fraction of sp³-hybridized carbons (Fsp3) is 0.929. The van der Waals surface area contributed by atoms with Crippen LogP contribution < -0.4 is 0 Å². The van der Waals surface area contributed by atoms with Crippen molar-refractivity contribution < 1.29 is 0 Å². The maximum absolute atomic E-state index is 4.97. The van der Waals surface area contributed by atoms with Crippen LogP contribution in [0.4, 0.5) is 0 Å². The maximum atomic E-state index is 4.97. The molecule has 0 aromatic heterocycles. The lowest BCUT2D eigenvalue weighted by Crippen LogP contribution is -2.37. The van der Waals surface area contributed by atoms with Crippen molar-refractivity contribution in [3.05, 3.63) is 0 Å². The van der Waals surface area contributed by atoms with Gasteiger partial charge in [-0.2, -0.15) is 0 Å². The smallest absolute Gasteiger partial charge is 0.0529 e. The van der Waals surface area contributed by atoms with Crippen LogP contribution in [-0.2, 0) is 0 Å². The van der Waals surface area contributed by atoms with Crippen molar-refractivity contribution in [2.45, 2.75) is 59.4 Å². The van der Waals surface area contributed by atoms with Crippen LogP contribution in [0, 0.1) is 23.7 Å². The summed E-state index contributed by atoms with van der Waals surface area (Å²) in [5.41, 5.74) is 1.43. The highest BCUT2D eigenvalue weighted by Gasteiger charge is 2.35. The van der Waals surface area contributed by atoms with Crippen molar-refractivity contribution >= 4 is 5.71 Å². The highest BCUT2D eigenvalue weighted by atomic mass is 14.8. The summed E-state index contributed by atoms with van der Waals surface area (Å²) in [6.45, 7) is 9.32. The van der Waals surface area contributed by atoms with Crippen molar-refractivity contribution in [2.75, 3.05) is 0 Å². The van der Waals surface area contributed by atoms with Crippen LogP contribution >= 0.6 is 0 Å². The van der Waals surface area contributed by atoms with E-state index in [0.717, 1.165) is 23.7 Å². The Morgan fingerprint density at radius 2 is 1.93 bits per heavy atom. The van der Waals surface area contributed by atoms with Crippen LogP contribution in [0.1, 0.15) is 53.4 Å². The van der Waals surface area contributed by atoms with E-state index in [9.17, 15) is 0 Å². The van der Waals surface area contributed by atoms with Gasteiger partial charge in [-0.15, -0.1) is 0 Å². The summed E-state index contributed by atoms with van der Waals surface area (Å²) in [5.74, 6) is 3.34. The molecule has 0 amide bonds. The predicted octanol–water partition coefficient (Wildman–Crippen LogP) is 3.93. The lowest BCUT2D eigenvalue weighted by molar-refractivity contribution is 0.201. The van der Waals surface area contributed by atoms with E-state index < -0.39 is 0 Å². The topological polar surface area (TPSA) is 12.4 Å². The van der Waals surface area contributed by atoms with Gasteiger partial charge in [0.05, 0.1) is 6.04 Å². The molecular formula is C14H25N. The number of fused-ring (bicyclic) bond motifs is 1. The van der Waals surface area contributed by atoms with Gasteiger partial charge in [-0.25, -0.2) is 0 Å². The van der Waals surface area contributed by atoms with Crippen molar-refractivity contribution in [2.24, 2.45) is 28.7 Å². The first kappa shape index (κ1) is 11.2. The molecule has 0 saturated heterocycles. The van der Waals surface area contributed by atoms with Crippen LogP contribution in [0.15, 0.2) is 4.99 Å². The summed E-state index contributed by atoms with van der Waals surface area (Å²) in [4.78, 5) is 4.97. The Hall–Kier alpha value is -0.330. The highest BCUT2D eigenvalue weighted by molar-refractivity contribution is 5.85. The molecule has 3 unspecified atom stereocenters. The Bertz CT molecular complexity index is 254. The molecule has 1 heterocycles. The molecule has 0 aromatic rings. The Morgan fingerprint density at radius 1 is 1.20 bits per heavy atom. The standard InChI is InChI=1S/C14H25N/c1-9(2)13-8-12-6-5-10(3)7-14(12)15-11(13)4/h9-10,12-14H,5-8H2,1-4H3/t10?,12?,13-,14?/m1/s1. The van der Waals surface area contributed by atoms with Gasteiger partial charge in [-0.05, 0) is 49.9 Å². The van der Waals surface area contributed by atoms with Crippen molar-refractivity contribution in [3.63, 3.8) is 0 Å². The van der Waals surface area contributed by atoms with Crippen LogP contribution in [0.5, 0.6) is 0 Å². The third-order valence-electron chi connectivity index (χ3n) is 4.49. The minimum atomic E-state index is 0.670. The zero-order valence-corrected chi connectivity index (χ0v) is 10.7. The number of rotatable bonds is 1. The van der Waals surface area contributed by atoms with Crippen LogP contribution in [-0.4, -0.2) is 11.8 Å². The first-order valence-corrected chi connectivity index (χ1v) is 6.62. The second kappa shape index (κ2) is 4.27. The molecule has 1 nitrogen and oxygen atoms in total. The first-order chi connectivity index (χ1) is 7.08. The third kappa shape index (κ3) is 2.26. The average molecular weight is 207 g/mol. The summed E-state index contributed by atoms with van der Waals surface area (Å²) in [6.07, 6.45) is 5.60. The largest absolute Gasteiger partial charge is 0.291 e. The molecule has 1 saturated carbocycles. The molecule has 0 spiro atoms. The zero-order chi connectivity index (χ0) is 11.0. The highest BCUT2D eigenvalue weighted by Crippen LogP contribution is 2.39. The third-order valence-corrected chi connectivity index (χ3v) is 4.49. The Labute approximate surface area is 94.4 Å². The number of hydrogen-bond donors (Lipinski definition) is 0. The molecule has 2 rings (SSSR count).